The van der Waals surface area contributed by atoms with E-state index in [0.717, 1.165) is 38.5 Å². The van der Waals surface area contributed by atoms with Crippen molar-refractivity contribution in [3.63, 3.8) is 0 Å². The molecule has 1 atom stereocenters. The zero-order valence-corrected chi connectivity index (χ0v) is 20.2. The lowest BCUT2D eigenvalue weighted by Crippen LogP contribution is -2.36. The van der Waals surface area contributed by atoms with Crippen LogP contribution in [0.25, 0.3) is 0 Å². The summed E-state index contributed by atoms with van der Waals surface area (Å²) >= 11 is 0. The highest BCUT2D eigenvalue weighted by atomic mass is 32.2. The fourth-order valence-corrected chi connectivity index (χ4v) is 6.62. The Bertz CT molecular complexity index is 1100. The van der Waals surface area contributed by atoms with Crippen molar-refractivity contribution in [2.75, 3.05) is 39.1 Å². The summed E-state index contributed by atoms with van der Waals surface area (Å²) in [5, 5.41) is 2.88. The maximum absolute atomic E-state index is 13.2. The molecule has 178 valence electrons. The molecule has 1 aliphatic heterocycles. The van der Waals surface area contributed by atoms with Crippen LogP contribution in [-0.4, -0.2) is 57.3 Å². The molecule has 7 nitrogen and oxygen atoms in total. The van der Waals surface area contributed by atoms with Gasteiger partial charge < -0.3 is 10.1 Å². The molecule has 0 spiro atoms. The van der Waals surface area contributed by atoms with Crippen LogP contribution in [0.4, 0.5) is 5.69 Å². The standard InChI is InChI=1S/C25H33N3O4S/c1-27(22-12-8-10-19-9-4-5-11-21(19)22)18-25(29)26-20-13-14-23(32-2)24(17-20)33(30,31)28-15-6-3-7-16-28/h4-5,9,11,13-14,17,22H,3,6-8,10,12,15-16,18H2,1-2H3,(H,26,29). The zero-order chi connectivity index (χ0) is 23.4. The average Bonchev–Trinajstić information content (AvgIpc) is 2.84. The van der Waals surface area contributed by atoms with Gasteiger partial charge in [-0.15, -0.1) is 0 Å². The van der Waals surface area contributed by atoms with Crippen LogP contribution in [0.2, 0.25) is 0 Å². The second-order valence-corrected chi connectivity index (χ2v) is 10.8. The van der Waals surface area contributed by atoms with E-state index in [1.54, 1.807) is 12.1 Å². The minimum atomic E-state index is -3.69. The smallest absolute Gasteiger partial charge is 0.246 e. The van der Waals surface area contributed by atoms with Gasteiger partial charge in [0, 0.05) is 24.8 Å². The summed E-state index contributed by atoms with van der Waals surface area (Å²) in [6, 6.07) is 13.4. The molecule has 1 heterocycles. The Hall–Kier alpha value is -2.42. The highest BCUT2D eigenvalue weighted by Gasteiger charge is 2.30. The molecule has 2 aliphatic rings. The summed E-state index contributed by atoms with van der Waals surface area (Å²) < 4.78 is 33.3. The van der Waals surface area contributed by atoms with Crippen LogP contribution in [0.1, 0.15) is 49.3 Å². The summed E-state index contributed by atoms with van der Waals surface area (Å²) in [4.78, 5) is 15.0. The number of amides is 1. The molecule has 0 aromatic heterocycles. The summed E-state index contributed by atoms with van der Waals surface area (Å²) in [6.07, 6.45) is 5.94. The predicted molar refractivity (Wildman–Crippen MR) is 129 cm³/mol. The first-order valence-electron chi connectivity index (χ1n) is 11.7. The van der Waals surface area contributed by atoms with Crippen LogP contribution >= 0.6 is 0 Å². The van der Waals surface area contributed by atoms with E-state index in [9.17, 15) is 13.2 Å². The third-order valence-corrected chi connectivity index (χ3v) is 8.56. The van der Waals surface area contributed by atoms with Crippen LogP contribution in [0.3, 0.4) is 0 Å². The first-order valence-corrected chi connectivity index (χ1v) is 13.1. The average molecular weight is 472 g/mol. The maximum atomic E-state index is 13.2. The van der Waals surface area contributed by atoms with E-state index in [0.29, 0.717) is 18.8 Å². The summed E-state index contributed by atoms with van der Waals surface area (Å²) in [5.74, 6) is 0.113. The van der Waals surface area contributed by atoms with E-state index in [1.807, 2.05) is 13.1 Å². The number of carbonyl (C=O) groups excluding carboxylic acids is 1. The van der Waals surface area contributed by atoms with Gasteiger partial charge in [0.05, 0.1) is 13.7 Å². The Morgan fingerprint density at radius 2 is 1.88 bits per heavy atom. The van der Waals surface area contributed by atoms with E-state index in [1.165, 1.54) is 28.6 Å². The summed E-state index contributed by atoms with van der Waals surface area (Å²) in [5.41, 5.74) is 3.09. The third kappa shape index (κ3) is 5.23. The van der Waals surface area contributed by atoms with E-state index in [-0.39, 0.29) is 29.1 Å². The molecule has 1 N–H and O–H groups in total. The lowest BCUT2D eigenvalue weighted by atomic mass is 9.87. The number of nitrogens with one attached hydrogen (secondary N) is 1. The first-order chi connectivity index (χ1) is 15.9. The molecule has 1 amide bonds. The number of nitrogens with zero attached hydrogens (tertiary/aromatic N) is 2. The lowest BCUT2D eigenvalue weighted by molar-refractivity contribution is -0.117. The van der Waals surface area contributed by atoms with Crippen LogP contribution in [0.5, 0.6) is 5.75 Å². The number of hydrogen-bond donors (Lipinski definition) is 1. The summed E-state index contributed by atoms with van der Waals surface area (Å²) in [7, 11) is -0.267. The number of rotatable bonds is 7. The number of carbonyl (C=O) groups is 1. The molecule has 2 aromatic carbocycles. The third-order valence-electron chi connectivity index (χ3n) is 6.64. The molecule has 0 radical (unpaired) electrons. The molecular formula is C25H33N3O4S. The zero-order valence-electron chi connectivity index (χ0n) is 19.4. The second kappa shape index (κ2) is 10.2. The Morgan fingerprint density at radius 3 is 2.64 bits per heavy atom. The van der Waals surface area contributed by atoms with Crippen LogP contribution in [0.15, 0.2) is 47.4 Å². The van der Waals surface area contributed by atoms with Crippen molar-refractivity contribution in [3.8, 4) is 5.75 Å². The Kier molecular flexibility index (Phi) is 7.36. The van der Waals surface area contributed by atoms with Crippen molar-refractivity contribution >= 4 is 21.6 Å². The van der Waals surface area contributed by atoms with Crippen molar-refractivity contribution in [1.29, 1.82) is 0 Å². The second-order valence-electron chi connectivity index (χ2n) is 8.90. The molecule has 4 rings (SSSR count). The number of piperidine rings is 1. The van der Waals surface area contributed by atoms with Gasteiger partial charge in [0.25, 0.3) is 0 Å². The van der Waals surface area contributed by atoms with Crippen LogP contribution in [0, 0.1) is 0 Å². The number of ether oxygens (including phenoxy) is 1. The molecule has 2 aromatic rings. The molecule has 1 fully saturated rings. The Morgan fingerprint density at radius 1 is 1.12 bits per heavy atom. The topological polar surface area (TPSA) is 79.0 Å². The minimum Gasteiger partial charge on any atom is -0.495 e. The first kappa shape index (κ1) is 23.7. The Labute approximate surface area is 196 Å². The van der Waals surface area contributed by atoms with Gasteiger partial charge in [0.1, 0.15) is 10.6 Å². The van der Waals surface area contributed by atoms with Gasteiger partial charge in [-0.25, -0.2) is 8.42 Å². The van der Waals surface area contributed by atoms with Gasteiger partial charge in [0.15, 0.2) is 0 Å². The highest BCUT2D eigenvalue weighted by Crippen LogP contribution is 2.34. The molecule has 33 heavy (non-hydrogen) atoms. The SMILES string of the molecule is COc1ccc(NC(=O)CN(C)C2CCCc3ccccc32)cc1S(=O)(=O)N1CCCCC1. The number of sulfonamides is 1. The quantitative estimate of drug-likeness (QED) is 0.664. The number of methoxy groups -OCH3 is 1. The van der Waals surface area contributed by atoms with Crippen molar-refractivity contribution in [3.05, 3.63) is 53.6 Å². The normalized spacial score (nSPS) is 19.2. The van der Waals surface area contributed by atoms with Gasteiger partial charge in [-0.1, -0.05) is 30.7 Å². The van der Waals surface area contributed by atoms with Gasteiger partial charge in [-0.05, 0) is 68.5 Å². The largest absolute Gasteiger partial charge is 0.495 e. The molecule has 0 saturated carbocycles. The van der Waals surface area contributed by atoms with Crippen LogP contribution < -0.4 is 10.1 Å². The van der Waals surface area contributed by atoms with Crippen molar-refractivity contribution in [1.82, 2.24) is 9.21 Å². The molecular weight excluding hydrogens is 438 g/mol. The maximum Gasteiger partial charge on any atom is 0.246 e. The Balaban J connectivity index is 1.48. The monoisotopic (exact) mass is 471 g/mol. The van der Waals surface area contributed by atoms with E-state index in [2.05, 4.69) is 28.4 Å². The van der Waals surface area contributed by atoms with Gasteiger partial charge >= 0.3 is 0 Å². The molecule has 8 heteroatoms. The fourth-order valence-electron chi connectivity index (χ4n) is 4.92. The number of aryl methyl sites for hydroxylation is 1. The number of anilines is 1. The minimum absolute atomic E-state index is 0.0965. The van der Waals surface area contributed by atoms with E-state index < -0.39 is 10.0 Å². The van der Waals surface area contributed by atoms with Crippen molar-refractivity contribution in [2.45, 2.75) is 49.5 Å². The van der Waals surface area contributed by atoms with Gasteiger partial charge in [0.2, 0.25) is 15.9 Å². The molecule has 1 unspecified atom stereocenters. The number of benzene rings is 2. The van der Waals surface area contributed by atoms with Gasteiger partial charge in [-0.3, -0.25) is 9.69 Å². The molecule has 0 bridgehead atoms. The predicted octanol–water partition coefficient (Wildman–Crippen LogP) is 3.82. The number of hydrogen-bond acceptors (Lipinski definition) is 5. The molecule has 1 aliphatic carbocycles. The van der Waals surface area contributed by atoms with E-state index >= 15 is 0 Å². The number of likely N-dealkylation sites (N-methyl/N-ethyl adjacent to an activating group) is 1. The van der Waals surface area contributed by atoms with Crippen LogP contribution in [-0.2, 0) is 21.2 Å². The van der Waals surface area contributed by atoms with Crippen molar-refractivity contribution in [2.24, 2.45) is 0 Å². The highest BCUT2D eigenvalue weighted by molar-refractivity contribution is 7.89. The lowest BCUT2D eigenvalue weighted by Gasteiger charge is -2.32. The number of fused-ring (bicyclic) bond motifs is 1. The molecule has 1 saturated heterocycles. The van der Waals surface area contributed by atoms with Gasteiger partial charge in [-0.2, -0.15) is 4.31 Å². The fraction of sp³-hybridized carbons (Fsp3) is 0.480. The summed E-state index contributed by atoms with van der Waals surface area (Å²) in [6.45, 7) is 1.24. The van der Waals surface area contributed by atoms with E-state index in [4.69, 9.17) is 4.74 Å². The van der Waals surface area contributed by atoms with Crippen molar-refractivity contribution < 1.29 is 17.9 Å².